The molecule has 1 aromatic carbocycles. The summed E-state index contributed by atoms with van der Waals surface area (Å²) < 4.78 is 43.0. The van der Waals surface area contributed by atoms with Crippen molar-refractivity contribution in [2.24, 2.45) is 0 Å². The van der Waals surface area contributed by atoms with Gasteiger partial charge in [-0.3, -0.25) is 0 Å². The van der Waals surface area contributed by atoms with E-state index in [1.54, 1.807) is 13.2 Å². The van der Waals surface area contributed by atoms with Crippen LogP contribution in [0.2, 0.25) is 0 Å². The van der Waals surface area contributed by atoms with Gasteiger partial charge in [-0.25, -0.2) is 0 Å². The van der Waals surface area contributed by atoms with Crippen molar-refractivity contribution < 1.29 is 17.9 Å². The molecule has 7 heteroatoms. The molecule has 0 amide bonds. The number of hydrogen-bond donors (Lipinski definition) is 2. The highest BCUT2D eigenvalue weighted by atomic mass is 32.1. The van der Waals surface area contributed by atoms with E-state index in [-0.39, 0.29) is 12.1 Å². The van der Waals surface area contributed by atoms with Crippen molar-refractivity contribution in [1.82, 2.24) is 10.6 Å². The predicted molar refractivity (Wildman–Crippen MR) is 70.8 cm³/mol. The molecule has 2 N–H and O–H groups in total. The van der Waals surface area contributed by atoms with Crippen molar-refractivity contribution in [2.75, 3.05) is 20.3 Å². The van der Waals surface area contributed by atoms with Gasteiger partial charge in [-0.2, -0.15) is 13.2 Å². The predicted octanol–water partition coefficient (Wildman–Crippen LogP) is 2.32. The number of methoxy groups -OCH3 is 1. The van der Waals surface area contributed by atoms with Gasteiger partial charge < -0.3 is 15.4 Å². The van der Waals surface area contributed by atoms with Crippen LogP contribution in [-0.2, 0) is 17.5 Å². The summed E-state index contributed by atoms with van der Waals surface area (Å²) >= 11 is 4.94. The zero-order valence-corrected chi connectivity index (χ0v) is 11.2. The molecule has 0 saturated carbocycles. The van der Waals surface area contributed by atoms with E-state index in [2.05, 4.69) is 10.6 Å². The molecule has 0 spiro atoms. The highest BCUT2D eigenvalue weighted by Crippen LogP contribution is 2.31. The normalized spacial score (nSPS) is 11.2. The van der Waals surface area contributed by atoms with Gasteiger partial charge in [0.1, 0.15) is 0 Å². The summed E-state index contributed by atoms with van der Waals surface area (Å²) in [5, 5.41) is 5.86. The molecule has 0 atom stereocenters. The molecular weight excluding hydrogens is 277 g/mol. The lowest BCUT2D eigenvalue weighted by molar-refractivity contribution is -0.138. The van der Waals surface area contributed by atoms with Crippen molar-refractivity contribution in [3.05, 3.63) is 35.4 Å². The highest BCUT2D eigenvalue weighted by molar-refractivity contribution is 7.80. The Morgan fingerprint density at radius 1 is 1.26 bits per heavy atom. The largest absolute Gasteiger partial charge is 0.416 e. The molecular formula is C12H15F3N2OS. The number of alkyl halides is 3. The second kappa shape index (κ2) is 7.30. The smallest absolute Gasteiger partial charge is 0.383 e. The van der Waals surface area contributed by atoms with Crippen LogP contribution in [0.4, 0.5) is 13.2 Å². The van der Waals surface area contributed by atoms with Gasteiger partial charge in [-0.15, -0.1) is 0 Å². The Hall–Kier alpha value is -1.34. The fourth-order valence-electron chi connectivity index (χ4n) is 1.46. The quantitative estimate of drug-likeness (QED) is 0.644. The van der Waals surface area contributed by atoms with Gasteiger partial charge in [0.15, 0.2) is 5.11 Å². The number of nitrogens with one attached hydrogen (secondary N) is 2. The monoisotopic (exact) mass is 292 g/mol. The molecule has 3 nitrogen and oxygen atoms in total. The van der Waals surface area contributed by atoms with Crippen molar-refractivity contribution in [3.8, 4) is 0 Å². The third kappa shape index (κ3) is 5.44. The molecule has 0 aliphatic carbocycles. The standard InChI is InChI=1S/C12H15F3N2OS/c1-18-7-6-16-11(19)17-8-9-4-2-3-5-10(9)12(13,14)15/h2-5H,6-8H2,1H3,(H2,16,17,19). The Morgan fingerprint density at radius 2 is 1.95 bits per heavy atom. The number of ether oxygens (including phenoxy) is 1. The van der Waals surface area contributed by atoms with Crippen LogP contribution in [0.25, 0.3) is 0 Å². The maximum absolute atomic E-state index is 12.7. The summed E-state index contributed by atoms with van der Waals surface area (Å²) in [6, 6.07) is 5.40. The van der Waals surface area contributed by atoms with Gasteiger partial charge in [-0.1, -0.05) is 18.2 Å². The molecule has 106 valence electrons. The average molecular weight is 292 g/mol. The van der Waals surface area contributed by atoms with E-state index in [9.17, 15) is 13.2 Å². The second-order valence-corrected chi connectivity index (χ2v) is 4.17. The highest BCUT2D eigenvalue weighted by Gasteiger charge is 2.32. The van der Waals surface area contributed by atoms with Gasteiger partial charge in [0.05, 0.1) is 12.2 Å². The summed E-state index contributed by atoms with van der Waals surface area (Å²) in [6.45, 7) is 0.999. The van der Waals surface area contributed by atoms with Crippen LogP contribution in [0.3, 0.4) is 0 Å². The molecule has 19 heavy (non-hydrogen) atoms. The number of hydrogen-bond acceptors (Lipinski definition) is 2. The van der Waals surface area contributed by atoms with E-state index < -0.39 is 11.7 Å². The average Bonchev–Trinajstić information content (AvgIpc) is 2.36. The first kappa shape index (κ1) is 15.7. The van der Waals surface area contributed by atoms with Crippen LogP contribution in [0.5, 0.6) is 0 Å². The maximum Gasteiger partial charge on any atom is 0.416 e. The summed E-state index contributed by atoms with van der Waals surface area (Å²) in [4.78, 5) is 0. The molecule has 0 aliphatic heterocycles. The lowest BCUT2D eigenvalue weighted by Gasteiger charge is -2.14. The molecule has 1 aromatic rings. The Morgan fingerprint density at radius 3 is 2.58 bits per heavy atom. The molecule has 0 aliphatic rings. The molecule has 0 fully saturated rings. The van der Waals surface area contributed by atoms with Gasteiger partial charge in [0.2, 0.25) is 0 Å². The van der Waals surface area contributed by atoms with E-state index >= 15 is 0 Å². The topological polar surface area (TPSA) is 33.3 Å². The summed E-state index contributed by atoms with van der Waals surface area (Å²) in [5.74, 6) is 0. The van der Waals surface area contributed by atoms with Gasteiger partial charge in [0, 0.05) is 20.2 Å². The summed E-state index contributed by atoms with van der Waals surface area (Å²) in [6.07, 6.45) is -4.36. The van der Waals surface area contributed by atoms with E-state index in [4.69, 9.17) is 17.0 Å². The lowest BCUT2D eigenvalue weighted by Crippen LogP contribution is -2.36. The fourth-order valence-corrected chi connectivity index (χ4v) is 1.63. The number of rotatable bonds is 5. The molecule has 0 heterocycles. The Bertz CT molecular complexity index is 424. The Balaban J connectivity index is 2.56. The molecule has 1 rings (SSSR count). The zero-order valence-electron chi connectivity index (χ0n) is 10.4. The minimum atomic E-state index is -4.36. The van der Waals surface area contributed by atoms with Crippen LogP contribution < -0.4 is 10.6 Å². The molecule has 0 saturated heterocycles. The van der Waals surface area contributed by atoms with Crippen molar-refractivity contribution >= 4 is 17.3 Å². The van der Waals surface area contributed by atoms with Crippen LogP contribution in [0.1, 0.15) is 11.1 Å². The SMILES string of the molecule is COCCNC(=S)NCc1ccccc1C(F)(F)F. The molecule has 0 aromatic heterocycles. The lowest BCUT2D eigenvalue weighted by atomic mass is 10.1. The van der Waals surface area contributed by atoms with Crippen LogP contribution in [-0.4, -0.2) is 25.4 Å². The van der Waals surface area contributed by atoms with Crippen molar-refractivity contribution in [1.29, 1.82) is 0 Å². The van der Waals surface area contributed by atoms with Gasteiger partial charge in [0.25, 0.3) is 0 Å². The third-order valence-corrected chi connectivity index (χ3v) is 2.64. The minimum Gasteiger partial charge on any atom is -0.383 e. The van der Waals surface area contributed by atoms with E-state index in [1.165, 1.54) is 12.1 Å². The van der Waals surface area contributed by atoms with E-state index in [1.807, 2.05) is 0 Å². The number of halogens is 3. The van der Waals surface area contributed by atoms with Crippen LogP contribution >= 0.6 is 12.2 Å². The van der Waals surface area contributed by atoms with E-state index in [0.717, 1.165) is 6.07 Å². The summed E-state index contributed by atoms with van der Waals surface area (Å²) in [7, 11) is 1.55. The minimum absolute atomic E-state index is 0.0223. The van der Waals surface area contributed by atoms with Crippen LogP contribution in [0.15, 0.2) is 24.3 Å². The van der Waals surface area contributed by atoms with Gasteiger partial charge >= 0.3 is 6.18 Å². The number of benzene rings is 1. The van der Waals surface area contributed by atoms with E-state index in [0.29, 0.717) is 18.3 Å². The molecule has 0 radical (unpaired) electrons. The first-order chi connectivity index (χ1) is 8.95. The Kier molecular flexibility index (Phi) is 6.04. The second-order valence-electron chi connectivity index (χ2n) is 3.76. The third-order valence-electron chi connectivity index (χ3n) is 2.35. The zero-order chi connectivity index (χ0) is 14.3. The molecule has 0 bridgehead atoms. The fraction of sp³-hybridized carbons (Fsp3) is 0.417. The Labute approximate surface area is 115 Å². The summed E-state index contributed by atoms with van der Waals surface area (Å²) in [5.41, 5.74) is -0.493. The maximum atomic E-state index is 12.7. The molecule has 0 unspecified atom stereocenters. The van der Waals surface area contributed by atoms with Crippen LogP contribution in [0, 0.1) is 0 Å². The van der Waals surface area contributed by atoms with Crippen molar-refractivity contribution in [2.45, 2.75) is 12.7 Å². The first-order valence-electron chi connectivity index (χ1n) is 5.61. The van der Waals surface area contributed by atoms with Gasteiger partial charge in [-0.05, 0) is 23.8 Å². The first-order valence-corrected chi connectivity index (χ1v) is 6.01. The van der Waals surface area contributed by atoms with Crippen molar-refractivity contribution in [3.63, 3.8) is 0 Å². The number of thiocarbonyl (C=S) groups is 1.